The maximum atomic E-state index is 6.17. The fourth-order valence-corrected chi connectivity index (χ4v) is 3.82. The summed E-state index contributed by atoms with van der Waals surface area (Å²) in [5.74, 6) is 0. The van der Waals surface area contributed by atoms with Gasteiger partial charge in [-0.15, -0.1) is 0 Å². The van der Waals surface area contributed by atoms with Gasteiger partial charge in [0.15, 0.2) is 0 Å². The monoisotopic (exact) mass is 274 g/mol. The first-order valence-electron chi connectivity index (χ1n) is 8.07. The van der Waals surface area contributed by atoms with Crippen LogP contribution in [0.4, 0.5) is 0 Å². The fraction of sp³-hybridized carbons (Fsp3) is 0.706. The van der Waals surface area contributed by atoms with Crippen molar-refractivity contribution in [1.82, 2.24) is 10.3 Å². The maximum absolute atomic E-state index is 6.17. The van der Waals surface area contributed by atoms with Crippen LogP contribution in [0.25, 0.3) is 0 Å². The third kappa shape index (κ3) is 3.21. The summed E-state index contributed by atoms with van der Waals surface area (Å²) in [6.45, 7) is 3.17. The molecule has 2 atom stereocenters. The highest BCUT2D eigenvalue weighted by Crippen LogP contribution is 2.38. The van der Waals surface area contributed by atoms with Crippen LogP contribution in [0.1, 0.15) is 63.5 Å². The van der Waals surface area contributed by atoms with Gasteiger partial charge in [-0.1, -0.05) is 19.3 Å². The molecule has 2 heterocycles. The highest BCUT2D eigenvalue weighted by Gasteiger charge is 2.38. The topological polar surface area (TPSA) is 34.1 Å². The second-order valence-electron chi connectivity index (χ2n) is 6.45. The molecule has 1 aromatic rings. The minimum atomic E-state index is 0.187. The van der Waals surface area contributed by atoms with Crippen LogP contribution in [0.5, 0.6) is 0 Å². The predicted molar refractivity (Wildman–Crippen MR) is 80.6 cm³/mol. The average molecular weight is 274 g/mol. The largest absolute Gasteiger partial charge is 0.375 e. The van der Waals surface area contributed by atoms with Crippen molar-refractivity contribution in [2.75, 3.05) is 6.61 Å². The zero-order valence-corrected chi connectivity index (χ0v) is 12.5. The maximum Gasteiger partial charge on any atom is 0.0697 e. The third-order valence-electron chi connectivity index (χ3n) is 4.95. The summed E-state index contributed by atoms with van der Waals surface area (Å²) in [6.07, 6.45) is 12.7. The van der Waals surface area contributed by atoms with Gasteiger partial charge in [-0.3, -0.25) is 4.98 Å². The van der Waals surface area contributed by atoms with E-state index in [4.69, 9.17) is 4.74 Å². The van der Waals surface area contributed by atoms with E-state index in [1.807, 2.05) is 12.4 Å². The predicted octanol–water partition coefficient (Wildman–Crippen LogP) is 3.61. The summed E-state index contributed by atoms with van der Waals surface area (Å²) in [7, 11) is 0. The first-order valence-corrected chi connectivity index (χ1v) is 8.07. The van der Waals surface area contributed by atoms with Gasteiger partial charge in [0.25, 0.3) is 0 Å². The van der Waals surface area contributed by atoms with Crippen LogP contribution in [-0.4, -0.2) is 23.2 Å². The van der Waals surface area contributed by atoms with Crippen LogP contribution in [0.3, 0.4) is 0 Å². The van der Waals surface area contributed by atoms with Gasteiger partial charge in [-0.2, -0.15) is 0 Å². The molecule has 1 aliphatic heterocycles. The van der Waals surface area contributed by atoms with Crippen molar-refractivity contribution in [3.05, 3.63) is 30.1 Å². The molecule has 3 nitrogen and oxygen atoms in total. The highest BCUT2D eigenvalue weighted by molar-refractivity contribution is 5.14. The molecule has 2 unspecified atom stereocenters. The number of hydrogen-bond donors (Lipinski definition) is 1. The Bertz CT molecular complexity index is 409. The van der Waals surface area contributed by atoms with Gasteiger partial charge in [-0.25, -0.2) is 0 Å². The van der Waals surface area contributed by atoms with E-state index in [-0.39, 0.29) is 5.60 Å². The van der Waals surface area contributed by atoms with Gasteiger partial charge in [0.2, 0.25) is 0 Å². The van der Waals surface area contributed by atoms with Gasteiger partial charge in [0, 0.05) is 31.1 Å². The summed E-state index contributed by atoms with van der Waals surface area (Å²) < 4.78 is 6.17. The first kappa shape index (κ1) is 14.0. The molecule has 2 fully saturated rings. The lowest BCUT2D eigenvalue weighted by Gasteiger charge is -2.44. The number of aromatic nitrogens is 1. The Kier molecular flexibility index (Phi) is 4.37. The summed E-state index contributed by atoms with van der Waals surface area (Å²) in [4.78, 5) is 4.10. The summed E-state index contributed by atoms with van der Waals surface area (Å²) >= 11 is 0. The quantitative estimate of drug-likeness (QED) is 0.914. The van der Waals surface area contributed by atoms with Crippen LogP contribution in [0, 0.1) is 0 Å². The Hall–Kier alpha value is -0.930. The molecule has 20 heavy (non-hydrogen) atoms. The molecule has 1 saturated carbocycles. The van der Waals surface area contributed by atoms with E-state index >= 15 is 0 Å². The van der Waals surface area contributed by atoms with Crippen molar-refractivity contribution >= 4 is 0 Å². The van der Waals surface area contributed by atoms with Crippen molar-refractivity contribution in [2.24, 2.45) is 0 Å². The molecule has 1 N–H and O–H groups in total. The summed E-state index contributed by atoms with van der Waals surface area (Å²) in [6, 6.07) is 5.19. The summed E-state index contributed by atoms with van der Waals surface area (Å²) in [5.41, 5.74) is 1.51. The fourth-order valence-electron chi connectivity index (χ4n) is 3.82. The van der Waals surface area contributed by atoms with Crippen LogP contribution < -0.4 is 5.32 Å². The SMILES string of the molecule is CC(NC1CCOC2(CCCCC2)C1)c1ccncc1. The second kappa shape index (κ2) is 6.23. The molecular formula is C17H26N2O. The van der Waals surface area contributed by atoms with E-state index in [9.17, 15) is 0 Å². The van der Waals surface area contributed by atoms with Crippen LogP contribution in [0.2, 0.25) is 0 Å². The number of ether oxygens (including phenoxy) is 1. The number of pyridine rings is 1. The molecule has 0 bridgehead atoms. The lowest BCUT2D eigenvalue weighted by molar-refractivity contribution is -0.110. The van der Waals surface area contributed by atoms with Gasteiger partial charge >= 0.3 is 0 Å². The van der Waals surface area contributed by atoms with Crippen molar-refractivity contribution in [1.29, 1.82) is 0 Å². The van der Waals surface area contributed by atoms with Gasteiger partial charge in [0.1, 0.15) is 0 Å². The van der Waals surface area contributed by atoms with Crippen molar-refractivity contribution in [3.63, 3.8) is 0 Å². The standard InChI is InChI=1S/C17H26N2O/c1-14(15-5-10-18-11-6-15)19-16-7-12-20-17(13-16)8-3-2-4-9-17/h5-6,10-11,14,16,19H,2-4,7-9,12-13H2,1H3. The Labute approximate surface area is 122 Å². The van der Waals surface area contributed by atoms with E-state index in [0.717, 1.165) is 13.0 Å². The second-order valence-corrected chi connectivity index (χ2v) is 6.45. The molecule has 1 spiro atoms. The lowest BCUT2D eigenvalue weighted by Crippen LogP contribution is -2.48. The van der Waals surface area contributed by atoms with Gasteiger partial charge in [0.05, 0.1) is 5.60 Å². The molecule has 3 rings (SSSR count). The Morgan fingerprint density at radius 3 is 2.75 bits per heavy atom. The van der Waals surface area contributed by atoms with Gasteiger partial charge in [-0.05, 0) is 50.3 Å². The van der Waals surface area contributed by atoms with Gasteiger partial charge < -0.3 is 10.1 Å². The molecular weight excluding hydrogens is 248 g/mol. The molecule has 1 aromatic heterocycles. The molecule has 3 heteroatoms. The van der Waals surface area contributed by atoms with E-state index < -0.39 is 0 Å². The van der Waals surface area contributed by atoms with E-state index in [0.29, 0.717) is 12.1 Å². The van der Waals surface area contributed by atoms with Crippen molar-refractivity contribution in [2.45, 2.75) is 69.6 Å². The van der Waals surface area contributed by atoms with E-state index in [1.165, 1.54) is 44.1 Å². The number of nitrogens with one attached hydrogen (secondary N) is 1. The first-order chi connectivity index (χ1) is 9.77. The summed E-state index contributed by atoms with van der Waals surface area (Å²) in [5, 5.41) is 3.80. The number of hydrogen-bond acceptors (Lipinski definition) is 3. The minimum absolute atomic E-state index is 0.187. The third-order valence-corrected chi connectivity index (χ3v) is 4.95. The molecule has 0 amide bonds. The van der Waals surface area contributed by atoms with Crippen LogP contribution >= 0.6 is 0 Å². The normalized spacial score (nSPS) is 27.4. The number of rotatable bonds is 3. The zero-order valence-electron chi connectivity index (χ0n) is 12.5. The lowest BCUT2D eigenvalue weighted by atomic mass is 9.78. The molecule has 110 valence electrons. The Morgan fingerprint density at radius 1 is 1.25 bits per heavy atom. The smallest absolute Gasteiger partial charge is 0.0697 e. The molecule has 1 aliphatic carbocycles. The van der Waals surface area contributed by atoms with Crippen molar-refractivity contribution in [3.8, 4) is 0 Å². The molecule has 0 radical (unpaired) electrons. The molecule has 0 aromatic carbocycles. The molecule has 1 saturated heterocycles. The van der Waals surface area contributed by atoms with E-state index in [1.54, 1.807) is 0 Å². The van der Waals surface area contributed by atoms with Crippen molar-refractivity contribution < 1.29 is 4.74 Å². The zero-order chi connectivity index (χ0) is 13.8. The Morgan fingerprint density at radius 2 is 2.00 bits per heavy atom. The average Bonchev–Trinajstić information content (AvgIpc) is 2.49. The van der Waals surface area contributed by atoms with E-state index in [2.05, 4.69) is 29.4 Å². The Balaban J connectivity index is 1.60. The number of nitrogens with zero attached hydrogens (tertiary/aromatic N) is 1. The molecule has 2 aliphatic rings. The van der Waals surface area contributed by atoms with Crippen LogP contribution in [0.15, 0.2) is 24.5 Å². The highest BCUT2D eigenvalue weighted by atomic mass is 16.5. The minimum Gasteiger partial charge on any atom is -0.375 e. The van der Waals surface area contributed by atoms with Crippen LogP contribution in [-0.2, 0) is 4.74 Å².